The Morgan fingerprint density at radius 1 is 0.900 bits per heavy atom. The van der Waals surface area contributed by atoms with Crippen molar-refractivity contribution in [2.45, 2.75) is 12.8 Å². The minimum absolute atomic E-state index is 0.514. The molecule has 0 bridgehead atoms. The van der Waals surface area contributed by atoms with Crippen molar-refractivity contribution in [3.63, 3.8) is 0 Å². The SMILES string of the molecule is O=C1NCCCCNC1=O. The summed E-state index contributed by atoms with van der Waals surface area (Å²) in [7, 11) is 0. The number of amides is 2. The van der Waals surface area contributed by atoms with Crippen LogP contribution in [0.5, 0.6) is 0 Å². The molecule has 1 saturated heterocycles. The molecule has 1 rings (SSSR count). The molecular weight excluding hydrogens is 132 g/mol. The summed E-state index contributed by atoms with van der Waals surface area (Å²) in [5.41, 5.74) is 0. The van der Waals surface area contributed by atoms with Crippen molar-refractivity contribution >= 4 is 11.8 Å². The third-order valence-electron chi connectivity index (χ3n) is 1.38. The second-order valence-electron chi connectivity index (χ2n) is 2.22. The van der Waals surface area contributed by atoms with Crippen LogP contribution in [0, 0.1) is 0 Å². The summed E-state index contributed by atoms with van der Waals surface area (Å²) in [6.07, 6.45) is 1.87. The molecule has 56 valence electrons. The molecule has 0 aromatic rings. The Morgan fingerprint density at radius 2 is 1.30 bits per heavy atom. The molecule has 2 N–H and O–H groups in total. The monoisotopic (exact) mass is 142 g/mol. The van der Waals surface area contributed by atoms with Gasteiger partial charge in [0.2, 0.25) is 0 Å². The Labute approximate surface area is 59.0 Å². The molecule has 1 heterocycles. The van der Waals surface area contributed by atoms with Gasteiger partial charge < -0.3 is 10.6 Å². The van der Waals surface area contributed by atoms with Crippen LogP contribution in [-0.2, 0) is 9.59 Å². The molecule has 2 amide bonds. The zero-order valence-corrected chi connectivity index (χ0v) is 5.64. The van der Waals surface area contributed by atoms with Crippen LogP contribution in [0.4, 0.5) is 0 Å². The Morgan fingerprint density at radius 3 is 1.70 bits per heavy atom. The Bertz CT molecular complexity index is 138. The van der Waals surface area contributed by atoms with Crippen LogP contribution in [-0.4, -0.2) is 24.9 Å². The van der Waals surface area contributed by atoms with E-state index in [0.717, 1.165) is 12.8 Å². The summed E-state index contributed by atoms with van der Waals surface area (Å²) in [5, 5.41) is 4.97. The van der Waals surface area contributed by atoms with Crippen LogP contribution in [0.15, 0.2) is 0 Å². The molecule has 0 saturated carbocycles. The van der Waals surface area contributed by atoms with Crippen LogP contribution in [0.25, 0.3) is 0 Å². The zero-order valence-electron chi connectivity index (χ0n) is 5.64. The number of carbonyl (C=O) groups is 2. The summed E-state index contributed by atoms with van der Waals surface area (Å²) in [4.78, 5) is 21.3. The maximum atomic E-state index is 10.6. The van der Waals surface area contributed by atoms with E-state index in [1.807, 2.05) is 0 Å². The van der Waals surface area contributed by atoms with Crippen LogP contribution in [0.1, 0.15) is 12.8 Å². The van der Waals surface area contributed by atoms with E-state index in [2.05, 4.69) is 10.6 Å². The van der Waals surface area contributed by atoms with Gasteiger partial charge in [0.1, 0.15) is 0 Å². The van der Waals surface area contributed by atoms with Gasteiger partial charge in [-0.1, -0.05) is 0 Å². The quantitative estimate of drug-likeness (QED) is 0.427. The average molecular weight is 142 g/mol. The fraction of sp³-hybridized carbons (Fsp3) is 0.667. The normalized spacial score (nSPS) is 20.4. The first-order chi connectivity index (χ1) is 4.80. The molecule has 0 spiro atoms. The third-order valence-corrected chi connectivity index (χ3v) is 1.38. The largest absolute Gasteiger partial charge is 0.348 e. The average Bonchev–Trinajstić information content (AvgIpc) is 1.92. The van der Waals surface area contributed by atoms with Crippen molar-refractivity contribution in [3.05, 3.63) is 0 Å². The van der Waals surface area contributed by atoms with Gasteiger partial charge in [0.15, 0.2) is 0 Å². The second-order valence-corrected chi connectivity index (χ2v) is 2.22. The molecule has 10 heavy (non-hydrogen) atoms. The summed E-state index contributed by atoms with van der Waals surface area (Å²) in [6.45, 7) is 1.23. The second kappa shape index (κ2) is 3.20. The van der Waals surface area contributed by atoms with Gasteiger partial charge in [0, 0.05) is 13.1 Å². The third kappa shape index (κ3) is 1.72. The van der Waals surface area contributed by atoms with Gasteiger partial charge in [-0.25, -0.2) is 0 Å². The molecular formula is C6H10N2O2. The Kier molecular flexibility index (Phi) is 2.25. The Balaban J connectivity index is 2.43. The lowest BCUT2D eigenvalue weighted by Gasteiger charge is -2.09. The van der Waals surface area contributed by atoms with Gasteiger partial charge in [-0.2, -0.15) is 0 Å². The van der Waals surface area contributed by atoms with E-state index in [9.17, 15) is 9.59 Å². The predicted octanol–water partition coefficient (Wildman–Crippen LogP) is -0.987. The van der Waals surface area contributed by atoms with Gasteiger partial charge in [0.25, 0.3) is 0 Å². The van der Waals surface area contributed by atoms with Gasteiger partial charge in [-0.05, 0) is 12.8 Å². The van der Waals surface area contributed by atoms with Crippen LogP contribution in [0.3, 0.4) is 0 Å². The fourth-order valence-electron chi connectivity index (χ4n) is 0.814. The predicted molar refractivity (Wildman–Crippen MR) is 35.3 cm³/mol. The number of hydrogen-bond donors (Lipinski definition) is 2. The first-order valence-corrected chi connectivity index (χ1v) is 3.37. The number of nitrogens with one attached hydrogen (secondary N) is 2. The molecule has 1 aliphatic rings. The number of rotatable bonds is 0. The first kappa shape index (κ1) is 7.05. The van der Waals surface area contributed by atoms with Crippen molar-refractivity contribution < 1.29 is 9.59 Å². The van der Waals surface area contributed by atoms with Crippen LogP contribution in [0.2, 0.25) is 0 Å². The maximum Gasteiger partial charge on any atom is 0.309 e. The highest BCUT2D eigenvalue weighted by molar-refractivity contribution is 6.35. The molecule has 0 aromatic heterocycles. The minimum atomic E-state index is -0.514. The standard InChI is InChI=1S/C6H10N2O2/c9-5-6(10)8-4-2-1-3-7-5/h1-4H2,(H,7,9)(H,8,10). The van der Waals surface area contributed by atoms with Crippen molar-refractivity contribution in [2.75, 3.05) is 13.1 Å². The highest BCUT2D eigenvalue weighted by Crippen LogP contribution is 1.87. The van der Waals surface area contributed by atoms with E-state index in [0.29, 0.717) is 13.1 Å². The van der Waals surface area contributed by atoms with Crippen molar-refractivity contribution in [3.8, 4) is 0 Å². The van der Waals surface area contributed by atoms with E-state index in [4.69, 9.17) is 0 Å². The van der Waals surface area contributed by atoms with Crippen molar-refractivity contribution in [2.24, 2.45) is 0 Å². The number of carbonyl (C=O) groups excluding carboxylic acids is 2. The molecule has 0 aromatic carbocycles. The summed E-state index contributed by atoms with van der Waals surface area (Å²) in [6, 6.07) is 0. The summed E-state index contributed by atoms with van der Waals surface area (Å²) >= 11 is 0. The summed E-state index contributed by atoms with van der Waals surface area (Å²) in [5.74, 6) is -1.03. The Hall–Kier alpha value is -1.06. The first-order valence-electron chi connectivity index (χ1n) is 3.37. The maximum absolute atomic E-state index is 10.6. The van der Waals surface area contributed by atoms with Gasteiger partial charge in [-0.3, -0.25) is 9.59 Å². The number of hydrogen-bond acceptors (Lipinski definition) is 2. The fourth-order valence-corrected chi connectivity index (χ4v) is 0.814. The lowest BCUT2D eigenvalue weighted by atomic mass is 10.3. The molecule has 1 fully saturated rings. The molecule has 0 atom stereocenters. The van der Waals surface area contributed by atoms with Crippen LogP contribution >= 0.6 is 0 Å². The molecule has 1 aliphatic heterocycles. The molecule has 0 unspecified atom stereocenters. The topological polar surface area (TPSA) is 58.2 Å². The lowest BCUT2D eigenvalue weighted by Crippen LogP contribution is -2.42. The molecule has 0 radical (unpaired) electrons. The highest BCUT2D eigenvalue weighted by atomic mass is 16.2. The van der Waals surface area contributed by atoms with E-state index in [1.54, 1.807) is 0 Å². The van der Waals surface area contributed by atoms with Gasteiger partial charge in [0.05, 0.1) is 0 Å². The van der Waals surface area contributed by atoms with Crippen molar-refractivity contribution in [1.29, 1.82) is 0 Å². The zero-order chi connectivity index (χ0) is 7.40. The lowest BCUT2D eigenvalue weighted by molar-refractivity contribution is -0.139. The highest BCUT2D eigenvalue weighted by Gasteiger charge is 2.13. The molecule has 4 heteroatoms. The van der Waals surface area contributed by atoms with Gasteiger partial charge >= 0.3 is 11.8 Å². The van der Waals surface area contributed by atoms with Gasteiger partial charge in [-0.15, -0.1) is 0 Å². The van der Waals surface area contributed by atoms with Crippen molar-refractivity contribution in [1.82, 2.24) is 10.6 Å². The van der Waals surface area contributed by atoms with E-state index in [1.165, 1.54) is 0 Å². The summed E-state index contributed by atoms with van der Waals surface area (Å²) < 4.78 is 0. The van der Waals surface area contributed by atoms with E-state index >= 15 is 0 Å². The van der Waals surface area contributed by atoms with E-state index < -0.39 is 11.8 Å². The minimum Gasteiger partial charge on any atom is -0.348 e. The smallest absolute Gasteiger partial charge is 0.309 e. The van der Waals surface area contributed by atoms with E-state index in [-0.39, 0.29) is 0 Å². The molecule has 0 aliphatic carbocycles. The molecule has 4 nitrogen and oxygen atoms in total. The van der Waals surface area contributed by atoms with Crippen LogP contribution < -0.4 is 10.6 Å².